The summed E-state index contributed by atoms with van der Waals surface area (Å²) in [6.07, 6.45) is 1.17. The average molecular weight is 290 g/mol. The van der Waals surface area contributed by atoms with E-state index in [1.807, 2.05) is 26.0 Å². The number of rotatable bonds is 7. The number of nitrogens with zero attached hydrogens (tertiary/aromatic N) is 1. The maximum absolute atomic E-state index is 9.90. The van der Waals surface area contributed by atoms with E-state index in [-0.39, 0.29) is 6.61 Å². The van der Waals surface area contributed by atoms with Crippen LogP contribution in [0.2, 0.25) is 0 Å². The molecule has 0 spiro atoms. The van der Waals surface area contributed by atoms with E-state index in [0.29, 0.717) is 24.0 Å². The van der Waals surface area contributed by atoms with Gasteiger partial charge in [-0.05, 0) is 24.3 Å². The minimum atomic E-state index is -0.572. The summed E-state index contributed by atoms with van der Waals surface area (Å²) in [6, 6.07) is 7.55. The second-order valence-electron chi connectivity index (χ2n) is 5.24. The van der Waals surface area contributed by atoms with Crippen molar-refractivity contribution in [1.29, 1.82) is 0 Å². The van der Waals surface area contributed by atoms with Crippen LogP contribution in [0.4, 0.5) is 5.69 Å². The zero-order chi connectivity index (χ0) is 15.2. The van der Waals surface area contributed by atoms with Crippen molar-refractivity contribution in [3.05, 3.63) is 30.5 Å². The number of nitrogens with one attached hydrogen (secondary N) is 2. The molecule has 5 N–H and O–H groups in total. The first kappa shape index (κ1) is 15.3. The van der Waals surface area contributed by atoms with Crippen LogP contribution in [-0.2, 0) is 0 Å². The minimum absolute atomic E-state index is 0.209. The van der Waals surface area contributed by atoms with Crippen LogP contribution >= 0.6 is 0 Å². The summed E-state index contributed by atoms with van der Waals surface area (Å²) in [7, 11) is 0. The first-order valence-electron chi connectivity index (χ1n) is 7.00. The number of aromatic nitrogens is 2. The smallest absolute Gasteiger partial charge is 0.129 e. The summed E-state index contributed by atoms with van der Waals surface area (Å²) in [5, 5.41) is 20.0. The Labute approximate surface area is 124 Å². The molecule has 0 fully saturated rings. The quantitative estimate of drug-likeness (QED) is 0.578. The number of hydrogen-bond acceptors (Lipinski definition) is 5. The van der Waals surface area contributed by atoms with Gasteiger partial charge in [0.15, 0.2) is 0 Å². The predicted octanol–water partition coefficient (Wildman–Crippen LogP) is 1.40. The Morgan fingerprint density at radius 3 is 2.86 bits per heavy atom. The average Bonchev–Trinajstić information content (AvgIpc) is 2.97. The van der Waals surface area contributed by atoms with Crippen LogP contribution < -0.4 is 15.8 Å². The number of nitrogens with two attached hydrogens (primary N) is 1. The Hall–Kier alpha value is -2.05. The number of aromatic amines is 1. The van der Waals surface area contributed by atoms with Crippen LogP contribution in [0.25, 0.3) is 11.3 Å². The lowest BCUT2D eigenvalue weighted by atomic mass is 10.1. The first-order chi connectivity index (χ1) is 10.1. The molecule has 1 heterocycles. The molecule has 1 aromatic heterocycles. The number of nitrogen functional groups attached to an aromatic ring is 1. The fourth-order valence-electron chi connectivity index (χ4n) is 1.90. The summed E-state index contributed by atoms with van der Waals surface area (Å²) in [4.78, 5) is 0. The summed E-state index contributed by atoms with van der Waals surface area (Å²) in [5.41, 5.74) is 8.02. The van der Waals surface area contributed by atoms with Crippen LogP contribution in [0.15, 0.2) is 30.5 Å². The third-order valence-corrected chi connectivity index (χ3v) is 2.97. The minimum Gasteiger partial charge on any atom is -0.490 e. The molecule has 21 heavy (non-hydrogen) atoms. The highest BCUT2D eigenvalue weighted by Gasteiger charge is 2.11. The standard InChI is InChI=1S/C15H22N4O2/c1-10(2)17-8-12(20)9-21-15-4-3-11(16)7-13(15)14-5-6-18-19-14/h3-7,10,12,17,20H,8-9,16H2,1-2H3,(H,18,19). The van der Waals surface area contributed by atoms with Crippen LogP contribution in [0, 0.1) is 0 Å². The van der Waals surface area contributed by atoms with Gasteiger partial charge in [0, 0.05) is 30.0 Å². The van der Waals surface area contributed by atoms with Gasteiger partial charge in [0.1, 0.15) is 18.5 Å². The van der Waals surface area contributed by atoms with Crippen LogP contribution in [-0.4, -0.2) is 40.6 Å². The van der Waals surface area contributed by atoms with E-state index < -0.39 is 6.10 Å². The normalized spacial score (nSPS) is 12.6. The second-order valence-corrected chi connectivity index (χ2v) is 5.24. The number of hydrogen-bond donors (Lipinski definition) is 4. The largest absolute Gasteiger partial charge is 0.490 e. The number of aliphatic hydroxyl groups excluding tert-OH is 1. The maximum Gasteiger partial charge on any atom is 0.129 e. The molecule has 0 amide bonds. The van der Waals surface area contributed by atoms with Crippen LogP contribution in [0.3, 0.4) is 0 Å². The lowest BCUT2D eigenvalue weighted by molar-refractivity contribution is 0.105. The van der Waals surface area contributed by atoms with E-state index in [4.69, 9.17) is 10.5 Å². The van der Waals surface area contributed by atoms with E-state index >= 15 is 0 Å². The fourth-order valence-corrected chi connectivity index (χ4v) is 1.90. The zero-order valence-electron chi connectivity index (χ0n) is 12.3. The summed E-state index contributed by atoms with van der Waals surface area (Å²) >= 11 is 0. The maximum atomic E-state index is 9.90. The van der Waals surface area contributed by atoms with Crippen molar-refractivity contribution in [2.75, 3.05) is 18.9 Å². The SMILES string of the molecule is CC(C)NCC(O)COc1ccc(N)cc1-c1cc[nH]n1. The zero-order valence-corrected chi connectivity index (χ0v) is 12.3. The van der Waals surface area contributed by atoms with Crippen molar-refractivity contribution in [1.82, 2.24) is 15.5 Å². The van der Waals surface area contributed by atoms with Crippen molar-refractivity contribution in [3.63, 3.8) is 0 Å². The van der Waals surface area contributed by atoms with Crippen molar-refractivity contribution in [2.45, 2.75) is 26.0 Å². The monoisotopic (exact) mass is 290 g/mol. The van der Waals surface area contributed by atoms with Crippen molar-refractivity contribution in [2.24, 2.45) is 0 Å². The molecule has 1 atom stereocenters. The highest BCUT2D eigenvalue weighted by atomic mass is 16.5. The highest BCUT2D eigenvalue weighted by molar-refractivity contribution is 5.70. The molecule has 0 radical (unpaired) electrons. The molecule has 0 saturated carbocycles. The van der Waals surface area contributed by atoms with Crippen molar-refractivity contribution >= 4 is 5.69 Å². The number of anilines is 1. The molecular weight excluding hydrogens is 268 g/mol. The summed E-state index contributed by atoms with van der Waals surface area (Å²) in [5.74, 6) is 0.653. The van der Waals surface area contributed by atoms with Gasteiger partial charge >= 0.3 is 0 Å². The Bertz CT molecular complexity index is 555. The Morgan fingerprint density at radius 1 is 1.38 bits per heavy atom. The Kier molecular flexibility index (Phi) is 5.19. The van der Waals surface area contributed by atoms with Gasteiger partial charge < -0.3 is 20.9 Å². The van der Waals surface area contributed by atoms with Gasteiger partial charge in [0.25, 0.3) is 0 Å². The Balaban J connectivity index is 2.03. The molecule has 0 aliphatic carbocycles. The number of benzene rings is 1. The predicted molar refractivity (Wildman–Crippen MR) is 83.1 cm³/mol. The molecule has 0 bridgehead atoms. The van der Waals surface area contributed by atoms with Gasteiger partial charge in [-0.15, -0.1) is 0 Å². The van der Waals surface area contributed by atoms with E-state index in [9.17, 15) is 5.11 Å². The van der Waals surface area contributed by atoms with E-state index in [1.54, 1.807) is 18.3 Å². The first-order valence-corrected chi connectivity index (χ1v) is 7.00. The fraction of sp³-hybridized carbons (Fsp3) is 0.400. The molecular formula is C15H22N4O2. The molecule has 1 unspecified atom stereocenters. The van der Waals surface area contributed by atoms with Gasteiger partial charge in [-0.1, -0.05) is 13.8 Å². The summed E-state index contributed by atoms with van der Waals surface area (Å²) < 4.78 is 5.71. The molecule has 6 nitrogen and oxygen atoms in total. The van der Waals surface area contributed by atoms with Crippen molar-refractivity contribution < 1.29 is 9.84 Å². The van der Waals surface area contributed by atoms with E-state index in [1.165, 1.54) is 0 Å². The molecule has 1 aromatic carbocycles. The molecule has 114 valence electrons. The molecule has 0 aliphatic rings. The van der Waals surface area contributed by atoms with Gasteiger partial charge in [-0.25, -0.2) is 0 Å². The lowest BCUT2D eigenvalue weighted by Crippen LogP contribution is -2.35. The van der Waals surface area contributed by atoms with Gasteiger partial charge in [0.2, 0.25) is 0 Å². The summed E-state index contributed by atoms with van der Waals surface area (Å²) in [6.45, 7) is 4.76. The van der Waals surface area contributed by atoms with Crippen molar-refractivity contribution in [3.8, 4) is 17.0 Å². The molecule has 0 aliphatic heterocycles. The molecule has 6 heteroatoms. The van der Waals surface area contributed by atoms with Crippen LogP contribution in [0.5, 0.6) is 5.75 Å². The third-order valence-electron chi connectivity index (χ3n) is 2.97. The van der Waals surface area contributed by atoms with Crippen LogP contribution in [0.1, 0.15) is 13.8 Å². The lowest BCUT2D eigenvalue weighted by Gasteiger charge is -2.16. The molecule has 2 rings (SSSR count). The number of aliphatic hydroxyl groups is 1. The number of H-pyrrole nitrogens is 1. The van der Waals surface area contributed by atoms with Gasteiger partial charge in [0.05, 0.1) is 5.69 Å². The second kappa shape index (κ2) is 7.10. The number of ether oxygens (including phenoxy) is 1. The topological polar surface area (TPSA) is 96.2 Å². The van der Waals surface area contributed by atoms with E-state index in [0.717, 1.165) is 11.3 Å². The molecule has 0 saturated heterocycles. The Morgan fingerprint density at radius 2 is 2.19 bits per heavy atom. The molecule has 2 aromatic rings. The highest BCUT2D eigenvalue weighted by Crippen LogP contribution is 2.30. The van der Waals surface area contributed by atoms with E-state index in [2.05, 4.69) is 15.5 Å². The van der Waals surface area contributed by atoms with Gasteiger partial charge in [-0.3, -0.25) is 5.10 Å². The third kappa shape index (κ3) is 4.47. The van der Waals surface area contributed by atoms with Gasteiger partial charge in [-0.2, -0.15) is 5.10 Å².